The molecule has 2 rings (SSSR count). The van der Waals surface area contributed by atoms with E-state index in [0.29, 0.717) is 0 Å². The second-order valence-electron chi connectivity index (χ2n) is 4.46. The Kier molecular flexibility index (Phi) is 3.00. The molecule has 1 aromatic heterocycles. The van der Waals surface area contributed by atoms with Gasteiger partial charge in [0.1, 0.15) is 0 Å². The van der Waals surface area contributed by atoms with Gasteiger partial charge in [0, 0.05) is 29.9 Å². The average Bonchev–Trinajstić information content (AvgIpc) is 2.55. The van der Waals surface area contributed by atoms with Crippen LogP contribution in [0.5, 0.6) is 0 Å². The number of hydrogen-bond acceptors (Lipinski definition) is 2. The van der Waals surface area contributed by atoms with Gasteiger partial charge in [-0.3, -0.25) is 0 Å². The van der Waals surface area contributed by atoms with E-state index in [9.17, 15) is 8.42 Å². The number of nitrogens with zero attached hydrogens (tertiary/aromatic N) is 1. The lowest BCUT2D eigenvalue weighted by Crippen LogP contribution is -2.06. The third kappa shape index (κ3) is 2.36. The predicted octanol–water partition coefficient (Wildman–Crippen LogP) is 2.42. The van der Waals surface area contributed by atoms with Crippen molar-refractivity contribution < 1.29 is 8.42 Å². The summed E-state index contributed by atoms with van der Waals surface area (Å²) >= 11 is 0. The molecule has 0 unspecified atom stereocenters. The summed E-state index contributed by atoms with van der Waals surface area (Å²) in [5.41, 5.74) is 3.13. The van der Waals surface area contributed by atoms with E-state index in [1.54, 1.807) is 6.92 Å². The fourth-order valence-electron chi connectivity index (χ4n) is 2.04. The fraction of sp³-hybridized carbons (Fsp3) is 0.385. The highest BCUT2D eigenvalue weighted by molar-refractivity contribution is 7.90. The van der Waals surface area contributed by atoms with Gasteiger partial charge in [0.15, 0.2) is 9.84 Å². The van der Waals surface area contributed by atoms with Crippen LogP contribution in [0.4, 0.5) is 0 Å². The Morgan fingerprint density at radius 3 is 2.65 bits per heavy atom. The Morgan fingerprint density at radius 2 is 2.00 bits per heavy atom. The van der Waals surface area contributed by atoms with Crippen molar-refractivity contribution in [1.29, 1.82) is 0 Å². The van der Waals surface area contributed by atoms with Crippen molar-refractivity contribution in [2.24, 2.45) is 7.05 Å². The topological polar surface area (TPSA) is 39.1 Å². The van der Waals surface area contributed by atoms with Crippen LogP contribution < -0.4 is 0 Å². The molecule has 2 aromatic rings. The van der Waals surface area contributed by atoms with E-state index in [4.69, 9.17) is 0 Å². The number of benzene rings is 1. The molecule has 0 aliphatic rings. The van der Waals surface area contributed by atoms with Crippen LogP contribution in [0.25, 0.3) is 10.9 Å². The molecule has 0 spiro atoms. The highest BCUT2D eigenvalue weighted by atomic mass is 32.2. The molecule has 0 atom stereocenters. The Morgan fingerprint density at radius 1 is 1.29 bits per heavy atom. The number of aromatic nitrogens is 1. The van der Waals surface area contributed by atoms with E-state index in [2.05, 4.69) is 6.07 Å². The lowest BCUT2D eigenvalue weighted by atomic mass is 10.1. The zero-order valence-corrected chi connectivity index (χ0v) is 11.2. The molecule has 0 aliphatic heterocycles. The Labute approximate surface area is 102 Å². The van der Waals surface area contributed by atoms with Gasteiger partial charge in [-0.15, -0.1) is 0 Å². The molecule has 0 fully saturated rings. The zero-order chi connectivity index (χ0) is 12.6. The third-order valence-corrected chi connectivity index (χ3v) is 4.67. The first-order valence-corrected chi connectivity index (χ1v) is 7.50. The molecular formula is C13H17NO2S. The van der Waals surface area contributed by atoms with E-state index in [1.807, 2.05) is 36.9 Å². The van der Waals surface area contributed by atoms with Crippen LogP contribution in [0.1, 0.15) is 18.1 Å². The Hall–Kier alpha value is -1.29. The first-order chi connectivity index (χ1) is 7.93. The van der Waals surface area contributed by atoms with Crippen LogP contribution in [0.2, 0.25) is 0 Å². The molecule has 0 radical (unpaired) electrons. The molecule has 17 heavy (non-hydrogen) atoms. The highest BCUT2D eigenvalue weighted by Crippen LogP contribution is 2.23. The maximum absolute atomic E-state index is 11.7. The van der Waals surface area contributed by atoms with Gasteiger partial charge in [-0.25, -0.2) is 8.42 Å². The normalized spacial score (nSPS) is 12.2. The van der Waals surface area contributed by atoms with Gasteiger partial charge in [-0.2, -0.15) is 0 Å². The molecule has 0 saturated heterocycles. The number of sulfone groups is 1. The fourth-order valence-corrected chi connectivity index (χ4v) is 2.95. The van der Waals surface area contributed by atoms with Crippen molar-refractivity contribution in [1.82, 2.24) is 4.57 Å². The van der Waals surface area contributed by atoms with Crippen molar-refractivity contribution in [3.63, 3.8) is 0 Å². The molecule has 0 amide bonds. The largest absolute Gasteiger partial charge is 0.350 e. The summed E-state index contributed by atoms with van der Waals surface area (Å²) in [6.07, 6.45) is 1.91. The van der Waals surface area contributed by atoms with Crippen molar-refractivity contribution in [3.8, 4) is 0 Å². The summed E-state index contributed by atoms with van der Waals surface area (Å²) in [7, 11) is -1.03. The molecule has 3 nitrogen and oxygen atoms in total. The van der Waals surface area contributed by atoms with Crippen LogP contribution in [-0.2, 0) is 22.6 Å². The van der Waals surface area contributed by atoms with Gasteiger partial charge in [-0.1, -0.05) is 18.6 Å². The number of hydrogen-bond donors (Lipinski definition) is 0. The molecule has 1 heterocycles. The van der Waals surface area contributed by atoms with Gasteiger partial charge in [0.2, 0.25) is 0 Å². The van der Waals surface area contributed by atoms with E-state index in [-0.39, 0.29) is 11.5 Å². The minimum atomic E-state index is -2.98. The highest BCUT2D eigenvalue weighted by Gasteiger charge is 2.14. The minimum absolute atomic E-state index is 0.129. The second-order valence-corrected chi connectivity index (χ2v) is 6.82. The quantitative estimate of drug-likeness (QED) is 0.840. The van der Waals surface area contributed by atoms with Crippen molar-refractivity contribution in [2.75, 3.05) is 5.75 Å². The summed E-state index contributed by atoms with van der Waals surface area (Å²) in [5, 5.41) is 1.05. The molecule has 0 bridgehead atoms. The van der Waals surface area contributed by atoms with Crippen LogP contribution in [-0.4, -0.2) is 18.7 Å². The minimum Gasteiger partial charge on any atom is -0.350 e. The van der Waals surface area contributed by atoms with E-state index < -0.39 is 9.84 Å². The second kappa shape index (κ2) is 4.18. The zero-order valence-electron chi connectivity index (χ0n) is 10.4. The Balaban J connectivity index is 2.59. The first kappa shape index (κ1) is 12.2. The van der Waals surface area contributed by atoms with Crippen LogP contribution in [0.3, 0.4) is 0 Å². The molecular weight excluding hydrogens is 234 g/mol. The maximum atomic E-state index is 11.7. The lowest BCUT2D eigenvalue weighted by molar-refractivity contribution is 0.596. The molecule has 4 heteroatoms. The molecule has 1 aromatic carbocycles. The number of aryl methyl sites for hydroxylation is 2. The van der Waals surface area contributed by atoms with Gasteiger partial charge >= 0.3 is 0 Å². The molecule has 0 aliphatic carbocycles. The van der Waals surface area contributed by atoms with Gasteiger partial charge in [0.05, 0.1) is 5.75 Å². The average molecular weight is 251 g/mol. The SMILES string of the molecule is CCS(=O)(=O)Cc1cn(C)c2ccc(C)cc12. The van der Waals surface area contributed by atoms with Gasteiger partial charge in [-0.05, 0) is 24.6 Å². The number of rotatable bonds is 3. The molecule has 92 valence electrons. The van der Waals surface area contributed by atoms with Crippen LogP contribution in [0.15, 0.2) is 24.4 Å². The summed E-state index contributed by atoms with van der Waals surface area (Å²) in [5.74, 6) is 0.319. The van der Waals surface area contributed by atoms with Crippen LogP contribution in [0, 0.1) is 6.92 Å². The van der Waals surface area contributed by atoms with E-state index in [1.165, 1.54) is 0 Å². The monoisotopic (exact) mass is 251 g/mol. The molecule has 0 saturated carbocycles. The third-order valence-electron chi connectivity index (χ3n) is 3.04. The standard InChI is InChI=1S/C13H17NO2S/c1-4-17(15,16)9-11-8-14(3)13-6-5-10(2)7-12(11)13/h5-8H,4,9H2,1-3H3. The van der Waals surface area contributed by atoms with E-state index in [0.717, 1.165) is 22.0 Å². The Bertz CT molecular complexity index is 653. The summed E-state index contributed by atoms with van der Waals surface area (Å²) < 4.78 is 25.4. The molecule has 0 N–H and O–H groups in total. The first-order valence-electron chi connectivity index (χ1n) is 5.68. The predicted molar refractivity (Wildman–Crippen MR) is 70.8 cm³/mol. The number of fused-ring (bicyclic) bond motifs is 1. The summed E-state index contributed by atoms with van der Waals surface area (Å²) in [6.45, 7) is 3.70. The smallest absolute Gasteiger partial charge is 0.154 e. The lowest BCUT2D eigenvalue weighted by Gasteiger charge is -2.00. The van der Waals surface area contributed by atoms with Crippen LogP contribution >= 0.6 is 0 Å². The summed E-state index contributed by atoms with van der Waals surface area (Å²) in [4.78, 5) is 0. The summed E-state index contributed by atoms with van der Waals surface area (Å²) in [6, 6.07) is 6.13. The van der Waals surface area contributed by atoms with E-state index >= 15 is 0 Å². The van der Waals surface area contributed by atoms with Crippen molar-refractivity contribution >= 4 is 20.7 Å². The van der Waals surface area contributed by atoms with Crippen molar-refractivity contribution in [3.05, 3.63) is 35.5 Å². The van der Waals surface area contributed by atoms with Gasteiger partial charge < -0.3 is 4.57 Å². The van der Waals surface area contributed by atoms with Gasteiger partial charge in [0.25, 0.3) is 0 Å². The van der Waals surface area contributed by atoms with Crippen molar-refractivity contribution in [2.45, 2.75) is 19.6 Å². The maximum Gasteiger partial charge on any atom is 0.154 e.